The Balaban J connectivity index is 1.17. The van der Waals surface area contributed by atoms with Crippen molar-refractivity contribution in [3.8, 4) is 0 Å². The lowest BCUT2D eigenvalue weighted by Crippen LogP contribution is -2.67. The van der Waals surface area contributed by atoms with Crippen LogP contribution in [0.25, 0.3) is 6.08 Å². The molecule has 8 heteroatoms. The van der Waals surface area contributed by atoms with E-state index in [0.717, 1.165) is 36.2 Å². The molecule has 1 saturated heterocycles. The van der Waals surface area contributed by atoms with Crippen LogP contribution >= 0.6 is 0 Å². The van der Waals surface area contributed by atoms with Gasteiger partial charge in [-0.15, -0.1) is 0 Å². The van der Waals surface area contributed by atoms with Gasteiger partial charge < -0.3 is 9.64 Å². The summed E-state index contributed by atoms with van der Waals surface area (Å²) >= 11 is 0. The van der Waals surface area contributed by atoms with Crippen LogP contribution in [0.3, 0.4) is 0 Å². The highest BCUT2D eigenvalue weighted by Crippen LogP contribution is 2.55. The summed E-state index contributed by atoms with van der Waals surface area (Å²) in [6, 6.07) is 16.4. The molecule has 1 amide bonds. The Morgan fingerprint density at radius 3 is 2.22 bits per heavy atom. The van der Waals surface area contributed by atoms with Crippen molar-refractivity contribution in [2.45, 2.75) is 83.8 Å². The molecule has 0 radical (unpaired) electrons. The van der Waals surface area contributed by atoms with E-state index < -0.39 is 17.7 Å². The minimum absolute atomic E-state index is 0.0235. The molecule has 41 heavy (non-hydrogen) atoms. The normalized spacial score (nSPS) is 22.6. The molecule has 2 saturated carbocycles. The average Bonchev–Trinajstić information content (AvgIpc) is 3.64. The minimum Gasteiger partial charge on any atom is -0.456 e. The highest BCUT2D eigenvalue weighted by atomic mass is 19.4. The molecule has 1 spiro atoms. The molecule has 220 valence electrons. The van der Waals surface area contributed by atoms with Crippen LogP contribution in [0.5, 0.6) is 0 Å². The number of carbonyl (C=O) groups is 2. The highest BCUT2D eigenvalue weighted by molar-refractivity contribution is 5.89. The largest absolute Gasteiger partial charge is 0.471 e. The fraction of sp³-hybridized carbons (Fsp3) is 0.515. The number of likely N-dealkylation sites (tertiary alicyclic amines) is 1. The number of benzene rings is 2. The molecule has 2 aliphatic carbocycles. The molecule has 0 N–H and O–H groups in total. The topological polar surface area (TPSA) is 49.9 Å². The highest BCUT2D eigenvalue weighted by Gasteiger charge is 2.61. The van der Waals surface area contributed by atoms with Crippen LogP contribution in [0.4, 0.5) is 13.2 Å². The van der Waals surface area contributed by atoms with Gasteiger partial charge in [0.15, 0.2) is 0 Å². The SMILES string of the molecule is CCC(=Cc1ccccc1)C1CC1N(C(=O)C(F)(F)F)C1CC2(C1)CN(Cc1ccc(C(=O)OC(C)(C)C)cc1)C2. The number of hydrogen-bond acceptors (Lipinski definition) is 4. The zero-order valence-corrected chi connectivity index (χ0v) is 24.2. The first-order valence-electron chi connectivity index (χ1n) is 14.5. The van der Waals surface area contributed by atoms with E-state index in [-0.39, 0.29) is 29.4 Å². The molecule has 1 aliphatic heterocycles. The quantitative estimate of drug-likeness (QED) is 0.326. The van der Waals surface area contributed by atoms with Crippen LogP contribution in [-0.2, 0) is 16.1 Å². The van der Waals surface area contributed by atoms with Crippen molar-refractivity contribution < 1.29 is 27.5 Å². The van der Waals surface area contributed by atoms with Crippen LogP contribution in [0.2, 0.25) is 0 Å². The van der Waals surface area contributed by atoms with Gasteiger partial charge in [0.25, 0.3) is 0 Å². The van der Waals surface area contributed by atoms with E-state index >= 15 is 0 Å². The van der Waals surface area contributed by atoms with Crippen LogP contribution in [-0.4, -0.2) is 58.6 Å². The van der Waals surface area contributed by atoms with E-state index in [2.05, 4.69) is 11.0 Å². The molecule has 0 aromatic heterocycles. The first kappa shape index (κ1) is 29.4. The lowest BCUT2D eigenvalue weighted by atomic mass is 9.60. The second-order valence-electron chi connectivity index (χ2n) is 13.0. The Morgan fingerprint density at radius 2 is 1.66 bits per heavy atom. The number of rotatable bonds is 8. The van der Waals surface area contributed by atoms with E-state index in [9.17, 15) is 22.8 Å². The van der Waals surface area contributed by atoms with Gasteiger partial charge in [0.05, 0.1) is 5.56 Å². The molecule has 2 aromatic rings. The maximum Gasteiger partial charge on any atom is 0.471 e. The maximum absolute atomic E-state index is 13.7. The molecule has 5 rings (SSSR count). The van der Waals surface area contributed by atoms with E-state index in [1.807, 2.05) is 70.2 Å². The molecular formula is C33H39F3N2O3. The minimum atomic E-state index is -4.87. The number of hydrogen-bond donors (Lipinski definition) is 0. The molecule has 3 aliphatic rings. The van der Waals surface area contributed by atoms with Crippen LogP contribution < -0.4 is 0 Å². The Labute approximate surface area is 240 Å². The van der Waals surface area contributed by atoms with E-state index in [1.54, 1.807) is 12.1 Å². The van der Waals surface area contributed by atoms with Crippen molar-refractivity contribution in [3.63, 3.8) is 0 Å². The number of amides is 1. The molecule has 2 atom stereocenters. The van der Waals surface area contributed by atoms with Gasteiger partial charge in [-0.05, 0) is 75.1 Å². The lowest BCUT2D eigenvalue weighted by Gasteiger charge is -2.61. The molecule has 2 unspecified atom stereocenters. The third-order valence-corrected chi connectivity index (χ3v) is 8.47. The van der Waals surface area contributed by atoms with Gasteiger partial charge in [-0.3, -0.25) is 9.69 Å². The number of halogens is 3. The van der Waals surface area contributed by atoms with Gasteiger partial charge in [0.1, 0.15) is 5.60 Å². The first-order valence-corrected chi connectivity index (χ1v) is 14.5. The Kier molecular flexibility index (Phi) is 7.83. The Hall–Kier alpha value is -3.13. The van der Waals surface area contributed by atoms with Gasteiger partial charge in [0, 0.05) is 37.6 Å². The van der Waals surface area contributed by atoms with Crippen molar-refractivity contribution in [2.75, 3.05) is 13.1 Å². The lowest BCUT2D eigenvalue weighted by molar-refractivity contribution is -0.197. The summed E-state index contributed by atoms with van der Waals surface area (Å²) in [6.07, 6.45) is -0.267. The zero-order chi connectivity index (χ0) is 29.6. The van der Waals surface area contributed by atoms with Gasteiger partial charge >= 0.3 is 18.1 Å². The van der Waals surface area contributed by atoms with Crippen LogP contribution in [0.1, 0.15) is 74.9 Å². The van der Waals surface area contributed by atoms with Crippen molar-refractivity contribution in [1.29, 1.82) is 0 Å². The summed E-state index contributed by atoms with van der Waals surface area (Å²) in [4.78, 5) is 28.3. The average molecular weight is 569 g/mol. The third kappa shape index (κ3) is 6.69. The molecular weight excluding hydrogens is 529 g/mol. The van der Waals surface area contributed by atoms with E-state index in [1.165, 1.54) is 4.90 Å². The number of alkyl halides is 3. The standard InChI is InChI=1S/C33H39F3N2O3/c1-5-24(15-22-9-7-6-8-10-22)27-16-28(27)38(30(40)33(34,35)36)26-17-32(18-26)20-37(21-32)19-23-11-13-25(14-12-23)29(39)41-31(2,3)4/h6-15,26-28H,5,16-21H2,1-4H3. The third-order valence-electron chi connectivity index (χ3n) is 8.47. The number of ether oxygens (including phenoxy) is 1. The summed E-state index contributed by atoms with van der Waals surface area (Å²) in [7, 11) is 0. The second kappa shape index (κ2) is 10.9. The molecule has 1 heterocycles. The monoisotopic (exact) mass is 568 g/mol. The predicted octanol–water partition coefficient (Wildman–Crippen LogP) is 6.88. The second-order valence-corrected chi connectivity index (χ2v) is 13.0. The Bertz CT molecular complexity index is 1280. The number of esters is 1. The van der Waals surface area contributed by atoms with Gasteiger partial charge in [-0.25, -0.2) is 4.79 Å². The molecule has 5 nitrogen and oxygen atoms in total. The van der Waals surface area contributed by atoms with Gasteiger partial charge in [-0.1, -0.05) is 61.0 Å². The van der Waals surface area contributed by atoms with Crippen molar-refractivity contribution in [2.24, 2.45) is 11.3 Å². The molecule has 2 aromatic carbocycles. The maximum atomic E-state index is 13.7. The van der Waals surface area contributed by atoms with E-state index in [0.29, 0.717) is 31.4 Å². The first-order chi connectivity index (χ1) is 19.3. The summed E-state index contributed by atoms with van der Waals surface area (Å²) in [5, 5.41) is 0. The molecule has 3 fully saturated rings. The summed E-state index contributed by atoms with van der Waals surface area (Å²) in [5.74, 6) is -2.07. The predicted molar refractivity (Wildman–Crippen MR) is 152 cm³/mol. The fourth-order valence-electron chi connectivity index (χ4n) is 6.61. The van der Waals surface area contributed by atoms with Crippen molar-refractivity contribution in [3.05, 3.63) is 76.9 Å². The summed E-state index contributed by atoms with van der Waals surface area (Å²) in [6.45, 7) is 9.82. The van der Waals surface area contributed by atoms with Crippen molar-refractivity contribution >= 4 is 18.0 Å². The zero-order valence-electron chi connectivity index (χ0n) is 24.2. The smallest absolute Gasteiger partial charge is 0.456 e. The van der Waals surface area contributed by atoms with Gasteiger partial charge in [-0.2, -0.15) is 13.2 Å². The molecule has 0 bridgehead atoms. The number of carbonyl (C=O) groups excluding carboxylic acids is 2. The van der Waals surface area contributed by atoms with E-state index in [4.69, 9.17) is 4.74 Å². The summed E-state index contributed by atoms with van der Waals surface area (Å²) < 4.78 is 46.4. The van der Waals surface area contributed by atoms with Crippen LogP contribution in [0, 0.1) is 11.3 Å². The van der Waals surface area contributed by atoms with Crippen molar-refractivity contribution in [1.82, 2.24) is 9.80 Å². The fourth-order valence-corrected chi connectivity index (χ4v) is 6.61. The summed E-state index contributed by atoms with van der Waals surface area (Å²) in [5.41, 5.74) is 3.12. The van der Waals surface area contributed by atoms with Crippen LogP contribution in [0.15, 0.2) is 60.2 Å². The Morgan fingerprint density at radius 1 is 1.02 bits per heavy atom. The van der Waals surface area contributed by atoms with Gasteiger partial charge in [0.2, 0.25) is 0 Å². The number of nitrogens with zero attached hydrogens (tertiary/aromatic N) is 2.